The van der Waals surface area contributed by atoms with Crippen molar-refractivity contribution in [2.45, 2.75) is 25.0 Å². The first kappa shape index (κ1) is 15.6. The van der Waals surface area contributed by atoms with E-state index < -0.39 is 11.6 Å². The highest BCUT2D eigenvalue weighted by atomic mass is 19.2. The molecule has 2 atom stereocenters. The molecule has 5 nitrogen and oxygen atoms in total. The van der Waals surface area contributed by atoms with E-state index in [2.05, 4.69) is 10.3 Å². The number of carbonyl (C=O) groups excluding carboxylic acids is 1. The summed E-state index contributed by atoms with van der Waals surface area (Å²) in [5.41, 5.74) is 0.425. The second-order valence-electron chi connectivity index (χ2n) is 5.58. The Labute approximate surface area is 132 Å². The van der Waals surface area contributed by atoms with Crippen LogP contribution in [0.25, 0.3) is 0 Å². The number of ether oxygens (including phenoxy) is 1. The molecule has 1 amide bonds. The number of amides is 1. The Morgan fingerprint density at radius 3 is 2.96 bits per heavy atom. The number of aromatic nitrogens is 2. The van der Waals surface area contributed by atoms with Crippen molar-refractivity contribution in [2.24, 2.45) is 7.05 Å². The van der Waals surface area contributed by atoms with Crippen LogP contribution in [0.15, 0.2) is 30.6 Å². The monoisotopic (exact) mass is 321 g/mol. The smallest absolute Gasteiger partial charge is 0.224 e. The molecule has 0 unspecified atom stereocenters. The molecule has 0 bridgehead atoms. The van der Waals surface area contributed by atoms with E-state index in [4.69, 9.17) is 4.74 Å². The molecule has 0 aliphatic carbocycles. The van der Waals surface area contributed by atoms with Gasteiger partial charge in [-0.1, -0.05) is 6.07 Å². The summed E-state index contributed by atoms with van der Waals surface area (Å²) >= 11 is 0. The molecular weight excluding hydrogens is 304 g/mol. The van der Waals surface area contributed by atoms with E-state index in [0.29, 0.717) is 18.6 Å². The first-order valence-corrected chi connectivity index (χ1v) is 7.36. The average molecular weight is 321 g/mol. The maximum absolute atomic E-state index is 13.2. The Morgan fingerprint density at radius 2 is 2.26 bits per heavy atom. The molecular formula is C16H17F2N3O2. The topological polar surface area (TPSA) is 56.1 Å². The van der Waals surface area contributed by atoms with Gasteiger partial charge in [0.05, 0.1) is 12.5 Å². The van der Waals surface area contributed by atoms with Gasteiger partial charge in [-0.05, 0) is 24.1 Å². The number of hydrogen-bond acceptors (Lipinski definition) is 3. The molecule has 3 rings (SSSR count). The molecule has 1 aromatic heterocycles. The van der Waals surface area contributed by atoms with Gasteiger partial charge in [-0.15, -0.1) is 0 Å². The minimum Gasteiger partial charge on any atom is -0.368 e. The summed E-state index contributed by atoms with van der Waals surface area (Å²) < 4.78 is 33.6. The summed E-state index contributed by atoms with van der Waals surface area (Å²) in [6.45, 7) is 0.535. The normalized spacial score (nSPS) is 20.7. The van der Waals surface area contributed by atoms with Crippen LogP contribution in [0.5, 0.6) is 0 Å². The maximum atomic E-state index is 13.2. The summed E-state index contributed by atoms with van der Waals surface area (Å²) in [5, 5.41) is 2.89. The fourth-order valence-corrected chi connectivity index (χ4v) is 2.74. The van der Waals surface area contributed by atoms with E-state index in [1.807, 2.05) is 17.8 Å². The Bertz CT molecular complexity index is 717. The van der Waals surface area contributed by atoms with Gasteiger partial charge in [0.15, 0.2) is 11.6 Å². The number of nitrogens with one attached hydrogen (secondary N) is 1. The molecule has 23 heavy (non-hydrogen) atoms. The molecule has 122 valence electrons. The van der Waals surface area contributed by atoms with Gasteiger partial charge in [0.1, 0.15) is 11.9 Å². The van der Waals surface area contributed by atoms with Crippen LogP contribution >= 0.6 is 0 Å². The van der Waals surface area contributed by atoms with E-state index in [1.165, 1.54) is 6.07 Å². The third kappa shape index (κ3) is 3.39. The van der Waals surface area contributed by atoms with Crippen molar-refractivity contribution in [2.75, 3.05) is 6.61 Å². The average Bonchev–Trinajstić information content (AvgIpc) is 3.11. The standard InChI is InChI=1S/C16H17F2N3O2/c1-21-6-5-19-16(21)15-13(4-7-23-15)20-14(22)9-10-2-3-11(17)12(18)8-10/h2-3,5-6,8,13,15H,4,7,9H2,1H3,(H,20,22)/t13-,15-/m0/s1. The van der Waals surface area contributed by atoms with Crippen molar-refractivity contribution >= 4 is 5.91 Å². The summed E-state index contributed by atoms with van der Waals surface area (Å²) in [7, 11) is 1.87. The highest BCUT2D eigenvalue weighted by Crippen LogP contribution is 2.27. The fraction of sp³-hybridized carbons (Fsp3) is 0.375. The van der Waals surface area contributed by atoms with Crippen LogP contribution < -0.4 is 5.32 Å². The predicted octanol–water partition coefficient (Wildman–Crippen LogP) is 1.89. The van der Waals surface area contributed by atoms with Crippen molar-refractivity contribution in [1.82, 2.24) is 14.9 Å². The zero-order chi connectivity index (χ0) is 16.4. The zero-order valence-corrected chi connectivity index (χ0v) is 12.6. The highest BCUT2D eigenvalue weighted by molar-refractivity contribution is 5.79. The zero-order valence-electron chi connectivity index (χ0n) is 12.6. The lowest BCUT2D eigenvalue weighted by Gasteiger charge is -2.19. The van der Waals surface area contributed by atoms with E-state index in [9.17, 15) is 13.6 Å². The highest BCUT2D eigenvalue weighted by Gasteiger charge is 2.33. The Balaban J connectivity index is 1.65. The molecule has 0 spiro atoms. The summed E-state index contributed by atoms with van der Waals surface area (Å²) in [6.07, 6.45) is 3.86. The number of benzene rings is 1. The number of carbonyl (C=O) groups is 1. The molecule has 1 saturated heterocycles. The lowest BCUT2D eigenvalue weighted by atomic mass is 10.1. The largest absolute Gasteiger partial charge is 0.368 e. The van der Waals surface area contributed by atoms with E-state index >= 15 is 0 Å². The van der Waals surface area contributed by atoms with Gasteiger partial charge in [0.25, 0.3) is 0 Å². The van der Waals surface area contributed by atoms with Crippen LogP contribution in [0.2, 0.25) is 0 Å². The van der Waals surface area contributed by atoms with Crippen molar-refractivity contribution in [3.8, 4) is 0 Å². The van der Waals surface area contributed by atoms with Gasteiger partial charge < -0.3 is 14.6 Å². The number of nitrogens with zero attached hydrogens (tertiary/aromatic N) is 2. The van der Waals surface area contributed by atoms with Gasteiger partial charge in [0.2, 0.25) is 5.91 Å². The molecule has 1 N–H and O–H groups in total. The second-order valence-corrected chi connectivity index (χ2v) is 5.58. The summed E-state index contributed by atoms with van der Waals surface area (Å²) in [6, 6.07) is 3.28. The van der Waals surface area contributed by atoms with Crippen molar-refractivity contribution in [3.63, 3.8) is 0 Å². The third-order valence-electron chi connectivity index (χ3n) is 3.90. The van der Waals surface area contributed by atoms with Crippen LogP contribution in [0.1, 0.15) is 23.9 Å². The molecule has 1 aromatic carbocycles. The minimum atomic E-state index is -0.953. The van der Waals surface area contributed by atoms with Crippen LogP contribution in [-0.2, 0) is 23.0 Å². The van der Waals surface area contributed by atoms with Crippen molar-refractivity contribution < 1.29 is 18.3 Å². The van der Waals surface area contributed by atoms with Crippen LogP contribution in [0.4, 0.5) is 8.78 Å². The number of hydrogen-bond donors (Lipinski definition) is 1. The Kier molecular flexibility index (Phi) is 4.38. The van der Waals surface area contributed by atoms with Gasteiger partial charge in [-0.2, -0.15) is 0 Å². The molecule has 0 radical (unpaired) electrons. The van der Waals surface area contributed by atoms with Gasteiger partial charge in [-0.3, -0.25) is 4.79 Å². The van der Waals surface area contributed by atoms with E-state index in [-0.39, 0.29) is 24.5 Å². The Morgan fingerprint density at radius 1 is 1.43 bits per heavy atom. The lowest BCUT2D eigenvalue weighted by molar-refractivity contribution is -0.121. The number of halogens is 2. The molecule has 0 saturated carbocycles. The first-order chi connectivity index (χ1) is 11.0. The molecule has 1 aliphatic heterocycles. The summed E-state index contributed by atoms with van der Waals surface area (Å²) in [4.78, 5) is 16.4. The Hall–Kier alpha value is -2.28. The van der Waals surface area contributed by atoms with E-state index in [1.54, 1.807) is 6.20 Å². The number of aryl methyl sites for hydroxylation is 1. The summed E-state index contributed by atoms with van der Waals surface area (Å²) in [5.74, 6) is -1.38. The number of rotatable bonds is 4. The maximum Gasteiger partial charge on any atom is 0.224 e. The molecule has 2 heterocycles. The first-order valence-electron chi connectivity index (χ1n) is 7.36. The second kappa shape index (κ2) is 6.45. The SMILES string of the molecule is Cn1ccnc1[C@H]1OCC[C@@H]1NC(=O)Cc1ccc(F)c(F)c1. The molecule has 2 aromatic rings. The number of imidazole rings is 1. The third-order valence-corrected chi connectivity index (χ3v) is 3.90. The molecule has 7 heteroatoms. The molecule has 1 aliphatic rings. The van der Waals surface area contributed by atoms with Crippen LogP contribution in [-0.4, -0.2) is 28.1 Å². The van der Waals surface area contributed by atoms with Gasteiger partial charge in [0, 0.05) is 26.0 Å². The predicted molar refractivity (Wildman–Crippen MR) is 78.5 cm³/mol. The minimum absolute atomic E-state index is 0.0129. The quantitative estimate of drug-likeness (QED) is 0.935. The van der Waals surface area contributed by atoms with Gasteiger partial charge >= 0.3 is 0 Å². The van der Waals surface area contributed by atoms with Gasteiger partial charge in [-0.25, -0.2) is 13.8 Å². The molecule has 1 fully saturated rings. The fourth-order valence-electron chi connectivity index (χ4n) is 2.74. The van der Waals surface area contributed by atoms with Crippen LogP contribution in [0, 0.1) is 11.6 Å². The van der Waals surface area contributed by atoms with Crippen LogP contribution in [0.3, 0.4) is 0 Å². The van der Waals surface area contributed by atoms with E-state index in [0.717, 1.165) is 18.0 Å². The van der Waals surface area contributed by atoms with Crippen molar-refractivity contribution in [1.29, 1.82) is 0 Å². The lowest BCUT2D eigenvalue weighted by Crippen LogP contribution is -2.38. The van der Waals surface area contributed by atoms with Crippen molar-refractivity contribution in [3.05, 3.63) is 53.6 Å².